The number of thiocarbonyl (C=S) groups is 1. The van der Waals surface area contributed by atoms with E-state index in [0.717, 1.165) is 5.55 Å². The predicted octanol–water partition coefficient (Wildman–Crippen LogP) is 1.45. The smallest absolute Gasteiger partial charge is 0.218 e. The van der Waals surface area contributed by atoms with E-state index in [0.29, 0.717) is 0 Å². The van der Waals surface area contributed by atoms with Crippen molar-refractivity contribution in [3.8, 4) is 5.75 Å². The third-order valence-electron chi connectivity index (χ3n) is 1.45. The fraction of sp³-hybridized carbons (Fsp3) is 0.143. The van der Waals surface area contributed by atoms with Crippen LogP contribution in [0.3, 0.4) is 0 Å². The van der Waals surface area contributed by atoms with E-state index in [9.17, 15) is 4.39 Å². The number of anilines is 1. The fourth-order valence-electron chi connectivity index (χ4n) is 0.723. The number of aromatic nitrogens is 1. The molecule has 0 saturated carbocycles. The number of ether oxygens (including phenoxy) is 1. The second-order valence-corrected chi connectivity index (χ2v) is 2.36. The highest BCUT2D eigenvalue weighted by Crippen LogP contribution is 2.24. The predicted molar refractivity (Wildman–Crippen MR) is 47.6 cm³/mol. The van der Waals surface area contributed by atoms with E-state index in [1.54, 1.807) is 0 Å². The van der Waals surface area contributed by atoms with Crippen molar-refractivity contribution >= 4 is 23.5 Å². The molecule has 0 spiro atoms. The lowest BCUT2D eigenvalue weighted by atomic mass is 10.2. The lowest BCUT2D eigenvalue weighted by Crippen LogP contribution is -2.00. The van der Waals surface area contributed by atoms with Crippen LogP contribution in [-0.4, -0.2) is 10.5 Å². The van der Waals surface area contributed by atoms with Crippen molar-refractivity contribution in [2.45, 2.75) is 6.92 Å². The van der Waals surface area contributed by atoms with Gasteiger partial charge in [-0.3, -0.25) is 0 Å². The second kappa shape index (κ2) is 3.44. The van der Waals surface area contributed by atoms with Crippen LogP contribution in [0.1, 0.15) is 5.56 Å². The van der Waals surface area contributed by atoms with Crippen LogP contribution in [0.5, 0.6) is 5.75 Å². The lowest BCUT2D eigenvalue weighted by Gasteiger charge is -2.05. The van der Waals surface area contributed by atoms with Crippen LogP contribution in [0.4, 0.5) is 10.1 Å². The highest BCUT2D eigenvalue weighted by molar-refractivity contribution is 7.78. The van der Waals surface area contributed by atoms with Crippen molar-refractivity contribution in [2.24, 2.45) is 0 Å². The van der Waals surface area contributed by atoms with Crippen LogP contribution >= 0.6 is 12.2 Å². The molecule has 0 aliphatic carbocycles. The molecule has 1 aromatic rings. The Kier molecular flexibility index (Phi) is 2.54. The van der Waals surface area contributed by atoms with Crippen molar-refractivity contribution in [1.29, 1.82) is 0 Å². The molecule has 0 bridgehead atoms. The molecule has 0 radical (unpaired) electrons. The molecule has 12 heavy (non-hydrogen) atoms. The first-order valence-electron chi connectivity index (χ1n) is 3.17. The fourth-order valence-corrected chi connectivity index (χ4v) is 0.827. The zero-order valence-corrected chi connectivity index (χ0v) is 7.19. The van der Waals surface area contributed by atoms with Crippen LogP contribution < -0.4 is 10.5 Å². The van der Waals surface area contributed by atoms with E-state index in [-0.39, 0.29) is 17.0 Å². The molecule has 1 aromatic heterocycles. The molecular formula is C7H7FN2OS. The highest BCUT2D eigenvalue weighted by atomic mass is 32.1. The first kappa shape index (κ1) is 8.86. The average Bonchev–Trinajstić information content (AvgIpc) is 2.07. The molecule has 3 nitrogen and oxygen atoms in total. The number of hydrogen-bond acceptors (Lipinski definition) is 4. The number of nitrogen functional groups attached to an aromatic ring is 1. The van der Waals surface area contributed by atoms with E-state index in [1.165, 1.54) is 13.1 Å². The summed E-state index contributed by atoms with van der Waals surface area (Å²) in [7, 11) is 0. The standard InChI is InChI=1S/C7H7FN2OS/c1-4-6(9)5(11-3-12)2-10-7(4)8/h2-3H,1H3,(H2,9,10). The maximum absolute atomic E-state index is 12.7. The van der Waals surface area contributed by atoms with Gasteiger partial charge >= 0.3 is 0 Å². The van der Waals surface area contributed by atoms with Crippen molar-refractivity contribution < 1.29 is 9.13 Å². The molecule has 0 unspecified atom stereocenters. The maximum Gasteiger partial charge on any atom is 0.218 e. The Bertz CT molecular complexity index is 317. The Balaban J connectivity index is 3.16. The van der Waals surface area contributed by atoms with Gasteiger partial charge in [0, 0.05) is 5.56 Å². The van der Waals surface area contributed by atoms with Crippen molar-refractivity contribution in [3.63, 3.8) is 0 Å². The quantitative estimate of drug-likeness (QED) is 0.561. The van der Waals surface area contributed by atoms with Crippen molar-refractivity contribution in [1.82, 2.24) is 4.98 Å². The normalized spacial score (nSPS) is 9.50. The molecule has 2 N–H and O–H groups in total. The van der Waals surface area contributed by atoms with E-state index in [4.69, 9.17) is 10.5 Å². The summed E-state index contributed by atoms with van der Waals surface area (Å²) < 4.78 is 17.5. The molecule has 0 saturated heterocycles. The lowest BCUT2D eigenvalue weighted by molar-refractivity contribution is 0.549. The maximum atomic E-state index is 12.7. The summed E-state index contributed by atoms with van der Waals surface area (Å²) in [6, 6.07) is 0. The van der Waals surface area contributed by atoms with E-state index in [2.05, 4.69) is 17.2 Å². The van der Waals surface area contributed by atoms with Crippen LogP contribution in [0.25, 0.3) is 0 Å². The van der Waals surface area contributed by atoms with Gasteiger partial charge in [-0.2, -0.15) is 4.39 Å². The summed E-state index contributed by atoms with van der Waals surface area (Å²) in [6.45, 7) is 1.52. The zero-order valence-electron chi connectivity index (χ0n) is 6.37. The third kappa shape index (κ3) is 1.50. The monoisotopic (exact) mass is 186 g/mol. The summed E-state index contributed by atoms with van der Waals surface area (Å²) in [5, 5.41) is 0. The van der Waals surface area contributed by atoms with Crippen molar-refractivity contribution in [3.05, 3.63) is 17.7 Å². The van der Waals surface area contributed by atoms with Gasteiger partial charge in [-0.15, -0.1) is 0 Å². The van der Waals surface area contributed by atoms with Gasteiger partial charge in [0.25, 0.3) is 0 Å². The van der Waals surface area contributed by atoms with Crippen LogP contribution in [0.15, 0.2) is 6.20 Å². The Morgan fingerprint density at radius 1 is 1.75 bits per heavy atom. The minimum absolute atomic E-state index is 0.226. The Morgan fingerprint density at radius 2 is 2.42 bits per heavy atom. The Hall–Kier alpha value is -1.23. The van der Waals surface area contributed by atoms with Gasteiger partial charge in [0.2, 0.25) is 5.95 Å². The topological polar surface area (TPSA) is 48.1 Å². The van der Waals surface area contributed by atoms with Gasteiger partial charge < -0.3 is 10.5 Å². The molecule has 0 aromatic carbocycles. The molecule has 0 atom stereocenters. The van der Waals surface area contributed by atoms with E-state index >= 15 is 0 Å². The summed E-state index contributed by atoms with van der Waals surface area (Å²) in [5.41, 5.74) is 7.04. The molecule has 0 amide bonds. The first-order valence-corrected chi connectivity index (χ1v) is 3.65. The number of halogens is 1. The van der Waals surface area contributed by atoms with Gasteiger partial charge in [-0.25, -0.2) is 4.98 Å². The van der Waals surface area contributed by atoms with Crippen LogP contribution in [-0.2, 0) is 0 Å². The number of pyridine rings is 1. The minimum Gasteiger partial charge on any atom is -0.450 e. The molecule has 0 aliphatic heterocycles. The van der Waals surface area contributed by atoms with Gasteiger partial charge in [0.05, 0.1) is 11.9 Å². The molecule has 1 rings (SSSR count). The van der Waals surface area contributed by atoms with E-state index < -0.39 is 5.95 Å². The highest BCUT2D eigenvalue weighted by Gasteiger charge is 2.07. The number of rotatable bonds is 2. The summed E-state index contributed by atoms with van der Waals surface area (Å²) >= 11 is 4.45. The largest absolute Gasteiger partial charge is 0.450 e. The average molecular weight is 186 g/mol. The summed E-state index contributed by atoms with van der Waals surface area (Å²) in [5.74, 6) is -0.312. The SMILES string of the molecule is Cc1c(F)ncc(OC=S)c1N. The van der Waals surface area contributed by atoms with Gasteiger partial charge in [0.1, 0.15) is 0 Å². The number of hydrogen-bond donors (Lipinski definition) is 1. The summed E-state index contributed by atoms with van der Waals surface area (Å²) in [6.07, 6.45) is 1.19. The summed E-state index contributed by atoms with van der Waals surface area (Å²) in [4.78, 5) is 3.42. The molecule has 1 heterocycles. The molecular weight excluding hydrogens is 179 g/mol. The van der Waals surface area contributed by atoms with Crippen LogP contribution in [0, 0.1) is 12.9 Å². The van der Waals surface area contributed by atoms with Gasteiger partial charge in [-0.05, 0) is 19.1 Å². The van der Waals surface area contributed by atoms with Gasteiger partial charge in [0.15, 0.2) is 11.3 Å². The number of nitrogens with zero attached hydrogens (tertiary/aromatic N) is 1. The van der Waals surface area contributed by atoms with Crippen molar-refractivity contribution in [2.75, 3.05) is 5.73 Å². The molecule has 5 heteroatoms. The van der Waals surface area contributed by atoms with Crippen LogP contribution in [0.2, 0.25) is 0 Å². The second-order valence-electron chi connectivity index (χ2n) is 2.17. The Morgan fingerprint density at radius 3 is 3.00 bits per heavy atom. The first-order chi connectivity index (χ1) is 5.66. The molecule has 0 fully saturated rings. The zero-order chi connectivity index (χ0) is 9.14. The molecule has 64 valence electrons. The molecule has 0 aliphatic rings. The van der Waals surface area contributed by atoms with E-state index in [1.807, 2.05) is 0 Å². The number of nitrogens with two attached hydrogens (primary N) is 1. The van der Waals surface area contributed by atoms with Gasteiger partial charge in [-0.1, -0.05) is 0 Å². The minimum atomic E-state index is -0.593. The third-order valence-corrected chi connectivity index (χ3v) is 1.55. The Labute approximate surface area is 74.4 Å².